The quantitative estimate of drug-likeness (QED) is 0.750. The molecule has 0 saturated heterocycles. The van der Waals surface area contributed by atoms with Crippen molar-refractivity contribution in [3.8, 4) is 0 Å². The van der Waals surface area contributed by atoms with Crippen molar-refractivity contribution in [2.24, 2.45) is 0 Å². The van der Waals surface area contributed by atoms with Gasteiger partial charge in [-0.25, -0.2) is 9.59 Å². The number of nitrogens with one attached hydrogen (secondary N) is 1. The SMILES string of the molecule is CC(C)(C)OC(=O)c1n[nH]c2c1CCN(C(=O)O)C2. The summed E-state index contributed by atoms with van der Waals surface area (Å²) in [4.78, 5) is 24.1. The van der Waals surface area contributed by atoms with Gasteiger partial charge in [0, 0.05) is 12.1 Å². The Labute approximate surface area is 110 Å². The molecule has 0 saturated carbocycles. The first kappa shape index (κ1) is 13.4. The number of amides is 1. The molecule has 7 heteroatoms. The molecule has 0 unspecified atom stereocenters. The standard InChI is InChI=1S/C12H17N3O4/c1-12(2,3)19-10(16)9-7-4-5-15(11(17)18)6-8(7)13-14-9/h4-6H2,1-3H3,(H,13,14)(H,17,18). The highest BCUT2D eigenvalue weighted by molar-refractivity contribution is 5.89. The first-order valence-electron chi connectivity index (χ1n) is 6.05. The summed E-state index contributed by atoms with van der Waals surface area (Å²) in [5.74, 6) is -0.478. The molecule has 0 aromatic carbocycles. The lowest BCUT2D eigenvalue weighted by atomic mass is 10.0. The topological polar surface area (TPSA) is 95.5 Å². The lowest BCUT2D eigenvalue weighted by molar-refractivity contribution is 0.00614. The van der Waals surface area contributed by atoms with Crippen molar-refractivity contribution in [1.82, 2.24) is 15.1 Å². The second kappa shape index (κ2) is 4.56. The van der Waals surface area contributed by atoms with Gasteiger partial charge in [-0.1, -0.05) is 0 Å². The molecule has 2 heterocycles. The van der Waals surface area contributed by atoms with Crippen molar-refractivity contribution >= 4 is 12.1 Å². The number of esters is 1. The number of hydrogen-bond donors (Lipinski definition) is 2. The predicted octanol–water partition coefficient (Wildman–Crippen LogP) is 1.40. The predicted molar refractivity (Wildman–Crippen MR) is 65.9 cm³/mol. The minimum absolute atomic E-state index is 0.223. The van der Waals surface area contributed by atoms with E-state index in [2.05, 4.69) is 10.2 Å². The maximum Gasteiger partial charge on any atom is 0.407 e. The summed E-state index contributed by atoms with van der Waals surface area (Å²) in [6.07, 6.45) is -0.508. The third-order valence-electron chi connectivity index (χ3n) is 2.80. The van der Waals surface area contributed by atoms with Crippen LogP contribution in [0.25, 0.3) is 0 Å². The van der Waals surface area contributed by atoms with E-state index in [4.69, 9.17) is 9.84 Å². The first-order valence-corrected chi connectivity index (χ1v) is 6.05. The molecule has 0 bridgehead atoms. The fraction of sp³-hybridized carbons (Fsp3) is 0.583. The van der Waals surface area contributed by atoms with Crippen LogP contribution in [0.1, 0.15) is 42.5 Å². The Bertz CT molecular complexity index is 516. The summed E-state index contributed by atoms with van der Waals surface area (Å²) in [6.45, 7) is 5.95. The largest absolute Gasteiger partial charge is 0.465 e. The lowest BCUT2D eigenvalue weighted by Gasteiger charge is -2.24. The summed E-state index contributed by atoms with van der Waals surface area (Å²) >= 11 is 0. The van der Waals surface area contributed by atoms with Gasteiger partial charge in [-0.3, -0.25) is 5.10 Å². The van der Waals surface area contributed by atoms with E-state index in [9.17, 15) is 9.59 Å². The van der Waals surface area contributed by atoms with E-state index >= 15 is 0 Å². The minimum Gasteiger partial charge on any atom is -0.465 e. The zero-order chi connectivity index (χ0) is 14.2. The van der Waals surface area contributed by atoms with Gasteiger partial charge in [0.1, 0.15) is 5.60 Å². The van der Waals surface area contributed by atoms with Crippen LogP contribution in [0.15, 0.2) is 0 Å². The number of carbonyl (C=O) groups is 2. The van der Waals surface area contributed by atoms with Crippen LogP contribution in [0.5, 0.6) is 0 Å². The Morgan fingerprint density at radius 3 is 2.68 bits per heavy atom. The lowest BCUT2D eigenvalue weighted by Crippen LogP contribution is -2.35. The number of H-pyrrole nitrogens is 1. The Morgan fingerprint density at radius 1 is 1.42 bits per heavy atom. The molecular formula is C12H17N3O4. The van der Waals surface area contributed by atoms with Crippen LogP contribution in [0.2, 0.25) is 0 Å². The van der Waals surface area contributed by atoms with Gasteiger partial charge >= 0.3 is 12.1 Å². The fourth-order valence-corrected chi connectivity index (χ4v) is 1.98. The smallest absolute Gasteiger partial charge is 0.407 e. The molecule has 0 radical (unpaired) electrons. The van der Waals surface area contributed by atoms with E-state index < -0.39 is 17.7 Å². The monoisotopic (exact) mass is 267 g/mol. The van der Waals surface area contributed by atoms with Gasteiger partial charge < -0.3 is 14.7 Å². The normalized spacial score (nSPS) is 15.0. The summed E-state index contributed by atoms with van der Waals surface area (Å²) < 4.78 is 5.27. The van der Waals surface area contributed by atoms with Gasteiger partial charge in [-0.05, 0) is 27.2 Å². The first-order chi connectivity index (χ1) is 8.78. The zero-order valence-electron chi connectivity index (χ0n) is 11.2. The van der Waals surface area contributed by atoms with E-state index in [-0.39, 0.29) is 12.2 Å². The van der Waals surface area contributed by atoms with Crippen molar-refractivity contribution in [2.75, 3.05) is 6.54 Å². The number of aromatic amines is 1. The van der Waals surface area contributed by atoms with Gasteiger partial charge in [0.15, 0.2) is 5.69 Å². The average Bonchev–Trinajstić information content (AvgIpc) is 2.68. The molecule has 1 aromatic heterocycles. The third kappa shape index (κ3) is 2.86. The molecule has 0 spiro atoms. The van der Waals surface area contributed by atoms with Crippen molar-refractivity contribution in [3.05, 3.63) is 17.0 Å². The number of fused-ring (bicyclic) bond motifs is 1. The van der Waals surface area contributed by atoms with Crippen molar-refractivity contribution in [1.29, 1.82) is 0 Å². The fourth-order valence-electron chi connectivity index (χ4n) is 1.98. The van der Waals surface area contributed by atoms with Gasteiger partial charge in [0.25, 0.3) is 0 Å². The molecule has 1 aromatic rings. The number of carboxylic acid groups (broad SMARTS) is 1. The van der Waals surface area contributed by atoms with Crippen molar-refractivity contribution in [2.45, 2.75) is 39.3 Å². The summed E-state index contributed by atoms with van der Waals surface area (Å²) in [5.41, 5.74) is 1.10. The molecule has 0 atom stereocenters. The summed E-state index contributed by atoms with van der Waals surface area (Å²) in [6, 6.07) is 0. The third-order valence-corrected chi connectivity index (χ3v) is 2.80. The number of ether oxygens (including phenoxy) is 1. The van der Waals surface area contributed by atoms with Crippen LogP contribution in [-0.2, 0) is 17.7 Å². The van der Waals surface area contributed by atoms with Gasteiger partial charge in [0.05, 0.1) is 12.2 Å². The van der Waals surface area contributed by atoms with E-state index in [1.807, 2.05) is 0 Å². The highest BCUT2D eigenvalue weighted by Gasteiger charge is 2.29. The minimum atomic E-state index is -0.973. The molecular weight excluding hydrogens is 250 g/mol. The van der Waals surface area contributed by atoms with Crippen molar-refractivity contribution in [3.63, 3.8) is 0 Å². The van der Waals surface area contributed by atoms with Gasteiger partial charge in [-0.2, -0.15) is 5.10 Å². The van der Waals surface area contributed by atoms with Gasteiger partial charge in [-0.15, -0.1) is 0 Å². The van der Waals surface area contributed by atoms with E-state index in [1.165, 1.54) is 4.90 Å². The molecule has 1 aliphatic heterocycles. The second-order valence-electron chi connectivity index (χ2n) is 5.49. The number of aromatic nitrogens is 2. The van der Waals surface area contributed by atoms with Crippen LogP contribution >= 0.6 is 0 Å². The van der Waals surface area contributed by atoms with Crippen LogP contribution in [0, 0.1) is 0 Å². The Balaban J connectivity index is 2.19. The molecule has 2 N–H and O–H groups in total. The maximum atomic E-state index is 12.0. The number of rotatable bonds is 1. The highest BCUT2D eigenvalue weighted by Crippen LogP contribution is 2.22. The van der Waals surface area contributed by atoms with Crippen LogP contribution in [0.3, 0.4) is 0 Å². The number of hydrogen-bond acceptors (Lipinski definition) is 4. The molecule has 0 fully saturated rings. The van der Waals surface area contributed by atoms with E-state index in [0.717, 1.165) is 5.56 Å². The molecule has 19 heavy (non-hydrogen) atoms. The second-order valence-corrected chi connectivity index (χ2v) is 5.49. The highest BCUT2D eigenvalue weighted by atomic mass is 16.6. The number of carbonyl (C=O) groups excluding carboxylic acids is 1. The Kier molecular flexibility index (Phi) is 3.21. The molecule has 104 valence electrons. The Morgan fingerprint density at radius 2 is 2.11 bits per heavy atom. The molecule has 0 aliphatic carbocycles. The summed E-state index contributed by atoms with van der Waals surface area (Å²) in [5, 5.41) is 15.6. The number of nitrogens with zero attached hydrogens (tertiary/aromatic N) is 2. The van der Waals surface area contributed by atoms with Crippen LogP contribution < -0.4 is 0 Å². The maximum absolute atomic E-state index is 12.0. The molecule has 7 nitrogen and oxygen atoms in total. The van der Waals surface area contributed by atoms with E-state index in [1.54, 1.807) is 20.8 Å². The van der Waals surface area contributed by atoms with Crippen molar-refractivity contribution < 1.29 is 19.4 Å². The van der Waals surface area contributed by atoms with Gasteiger partial charge in [0.2, 0.25) is 0 Å². The summed E-state index contributed by atoms with van der Waals surface area (Å²) in [7, 11) is 0. The van der Waals surface area contributed by atoms with Crippen LogP contribution in [-0.4, -0.2) is 44.4 Å². The Hall–Kier alpha value is -2.05. The average molecular weight is 267 g/mol. The molecule has 2 rings (SSSR count). The van der Waals surface area contributed by atoms with E-state index in [0.29, 0.717) is 18.7 Å². The zero-order valence-corrected chi connectivity index (χ0v) is 11.2. The molecule has 1 aliphatic rings. The van der Waals surface area contributed by atoms with Crippen LogP contribution in [0.4, 0.5) is 4.79 Å². The molecule has 1 amide bonds.